The highest BCUT2D eigenvalue weighted by atomic mass is 15.2. The summed E-state index contributed by atoms with van der Waals surface area (Å²) in [5.41, 5.74) is 10.3. The Morgan fingerprint density at radius 2 is 0.842 bits per heavy atom. The summed E-state index contributed by atoms with van der Waals surface area (Å²) in [4.78, 5) is 15.5. The molecule has 0 saturated carbocycles. The highest BCUT2D eigenvalue weighted by molar-refractivity contribution is 6.31. The number of nitrogens with zero attached hydrogens (tertiary/aromatic N) is 5. The van der Waals surface area contributed by atoms with Gasteiger partial charge in [-0.2, -0.15) is 9.97 Å². The first kappa shape index (κ1) is 30.7. The molecule has 0 spiro atoms. The van der Waals surface area contributed by atoms with Crippen LogP contribution in [0.1, 0.15) is 11.1 Å². The second kappa shape index (κ2) is 11.4. The zero-order valence-electron chi connectivity index (χ0n) is 30.7. The molecule has 1 aliphatic carbocycles. The Hall–Kier alpha value is -7.63. The van der Waals surface area contributed by atoms with Gasteiger partial charge >= 0.3 is 0 Å². The highest BCUT2D eigenvalue weighted by Crippen LogP contribution is 2.46. The van der Waals surface area contributed by atoms with Crippen molar-refractivity contribution in [2.75, 3.05) is 0 Å². The summed E-state index contributed by atoms with van der Waals surface area (Å²) in [5, 5.41) is 12.5. The van der Waals surface area contributed by atoms with Crippen molar-refractivity contribution in [1.29, 1.82) is 0 Å². The zero-order valence-corrected chi connectivity index (χ0v) is 30.7. The highest BCUT2D eigenvalue weighted by Gasteiger charge is 2.24. The van der Waals surface area contributed by atoms with Crippen molar-refractivity contribution in [3.8, 4) is 28.7 Å². The Morgan fingerprint density at radius 3 is 1.53 bits per heavy atom. The average molecular weight is 726 g/mol. The van der Waals surface area contributed by atoms with Gasteiger partial charge in [-0.05, 0) is 57.3 Å². The number of hydrogen-bond donors (Lipinski definition) is 0. The minimum atomic E-state index is 0.583. The number of benzene rings is 8. The van der Waals surface area contributed by atoms with Crippen LogP contribution in [0.3, 0.4) is 0 Å². The zero-order chi connectivity index (χ0) is 37.2. The molecular weight excluding hydrogens is 695 g/mol. The molecule has 12 aromatic rings. The Kier molecular flexibility index (Phi) is 6.16. The van der Waals surface area contributed by atoms with Crippen molar-refractivity contribution in [2.45, 2.75) is 6.42 Å². The Labute approximate surface area is 326 Å². The number of rotatable bonds is 3. The van der Waals surface area contributed by atoms with Gasteiger partial charge in [0, 0.05) is 43.4 Å². The monoisotopic (exact) mass is 725 g/mol. The van der Waals surface area contributed by atoms with Crippen LogP contribution < -0.4 is 0 Å². The molecule has 0 saturated heterocycles. The minimum Gasteiger partial charge on any atom is -0.307 e. The molecule has 5 heteroatoms. The molecule has 0 bridgehead atoms. The van der Waals surface area contributed by atoms with Crippen molar-refractivity contribution < 1.29 is 0 Å². The predicted octanol–water partition coefficient (Wildman–Crippen LogP) is 12.8. The van der Waals surface area contributed by atoms with Crippen LogP contribution in [0.2, 0.25) is 0 Å². The fraction of sp³-hybridized carbons (Fsp3) is 0.0192. The summed E-state index contributed by atoms with van der Waals surface area (Å²) >= 11 is 0. The molecule has 0 N–H and O–H groups in total. The van der Waals surface area contributed by atoms with E-state index in [2.05, 4.69) is 148 Å². The van der Waals surface area contributed by atoms with Gasteiger partial charge in [0.1, 0.15) is 0 Å². The summed E-state index contributed by atoms with van der Waals surface area (Å²) < 4.78 is 4.80. The van der Waals surface area contributed by atoms with Gasteiger partial charge in [0.25, 0.3) is 0 Å². The van der Waals surface area contributed by atoms with Gasteiger partial charge in [0.05, 0.1) is 27.6 Å². The maximum Gasteiger partial charge on any atom is 0.238 e. The van der Waals surface area contributed by atoms with E-state index in [1.807, 2.05) is 36.4 Å². The first-order chi connectivity index (χ1) is 28.3. The molecule has 8 aromatic carbocycles. The third kappa shape index (κ3) is 4.20. The maximum absolute atomic E-state index is 5.24. The first-order valence-electron chi connectivity index (χ1n) is 19.5. The fourth-order valence-corrected chi connectivity index (χ4v) is 9.81. The van der Waals surface area contributed by atoms with E-state index >= 15 is 0 Å². The van der Waals surface area contributed by atoms with E-state index in [1.165, 1.54) is 70.8 Å². The van der Waals surface area contributed by atoms with Crippen molar-refractivity contribution in [3.05, 3.63) is 187 Å². The van der Waals surface area contributed by atoms with Gasteiger partial charge in [-0.15, -0.1) is 0 Å². The molecule has 57 heavy (non-hydrogen) atoms. The lowest BCUT2D eigenvalue weighted by atomic mass is 10.0. The molecule has 0 fully saturated rings. The van der Waals surface area contributed by atoms with Gasteiger partial charge in [-0.1, -0.05) is 158 Å². The molecule has 13 rings (SSSR count). The lowest BCUT2D eigenvalue weighted by Crippen LogP contribution is -2.06. The van der Waals surface area contributed by atoms with Gasteiger partial charge in [0.15, 0.2) is 11.6 Å². The minimum absolute atomic E-state index is 0.583. The van der Waals surface area contributed by atoms with Gasteiger partial charge < -0.3 is 4.40 Å². The SMILES string of the molecule is c1ccc(-c2nc(-c3ccccc3)nc(-n3c4ccccc4c4c3ccc3c5cccc6c7cccc8c7c7c(cccc7c7ccccc7n(c65)c34)C8)n2)cc1. The van der Waals surface area contributed by atoms with E-state index in [1.54, 1.807) is 0 Å². The van der Waals surface area contributed by atoms with E-state index in [0.717, 1.165) is 39.4 Å². The molecular formula is C52H31N5. The molecule has 264 valence electrons. The van der Waals surface area contributed by atoms with E-state index in [-0.39, 0.29) is 0 Å². The summed E-state index contributed by atoms with van der Waals surface area (Å²) in [6, 6.07) is 63.3. The van der Waals surface area contributed by atoms with Crippen molar-refractivity contribution >= 4 is 81.4 Å². The van der Waals surface area contributed by atoms with Crippen LogP contribution in [-0.4, -0.2) is 23.9 Å². The molecule has 0 amide bonds. The summed E-state index contributed by atoms with van der Waals surface area (Å²) in [6.45, 7) is 0. The fourth-order valence-electron chi connectivity index (χ4n) is 9.81. The third-order valence-electron chi connectivity index (χ3n) is 12.1. The van der Waals surface area contributed by atoms with E-state index in [9.17, 15) is 0 Å². The molecule has 0 radical (unpaired) electrons. The molecule has 4 heterocycles. The van der Waals surface area contributed by atoms with Crippen molar-refractivity contribution in [3.63, 3.8) is 0 Å². The number of para-hydroxylation sites is 3. The summed E-state index contributed by atoms with van der Waals surface area (Å²) in [6.07, 6.45) is 0.947. The molecule has 0 atom stereocenters. The standard InChI is InChI=1S/C52H31N5/c1-3-14-31(15-4-1)50-53-51(32-16-5-2-6-17-32)55-52(54-50)56-43-27-10-8-21-41(43)47-44(56)29-28-40-39-25-13-24-38-37-23-12-19-34-30-33-18-11-22-36(45(33)46(34)37)35-20-7-9-26-42(35)57(48(38)39)49(40)47/h1-29H,30H2. The number of hydrogen-bond acceptors (Lipinski definition) is 3. The quantitative estimate of drug-likeness (QED) is 0.182. The Bertz CT molecular complexity index is 3650. The van der Waals surface area contributed by atoms with Crippen LogP contribution in [0, 0.1) is 0 Å². The van der Waals surface area contributed by atoms with Gasteiger partial charge in [-0.25, -0.2) is 4.98 Å². The van der Waals surface area contributed by atoms with E-state index in [0.29, 0.717) is 17.6 Å². The van der Waals surface area contributed by atoms with Crippen LogP contribution in [0.4, 0.5) is 0 Å². The van der Waals surface area contributed by atoms with Gasteiger partial charge in [0.2, 0.25) is 5.95 Å². The molecule has 0 aliphatic heterocycles. The number of aromatic nitrogens is 5. The second-order valence-corrected chi connectivity index (χ2v) is 15.1. The molecule has 5 nitrogen and oxygen atoms in total. The average Bonchev–Trinajstić information content (AvgIpc) is 3.95. The van der Waals surface area contributed by atoms with Gasteiger partial charge in [-0.3, -0.25) is 4.57 Å². The lowest BCUT2D eigenvalue weighted by Gasteiger charge is -2.11. The molecule has 1 aliphatic rings. The second-order valence-electron chi connectivity index (χ2n) is 15.1. The number of fused-ring (bicyclic) bond motifs is 11. The van der Waals surface area contributed by atoms with Crippen LogP contribution in [0.15, 0.2) is 176 Å². The van der Waals surface area contributed by atoms with E-state index in [4.69, 9.17) is 15.0 Å². The third-order valence-corrected chi connectivity index (χ3v) is 12.1. The van der Waals surface area contributed by atoms with Crippen molar-refractivity contribution in [2.24, 2.45) is 0 Å². The Balaban J connectivity index is 1.26. The van der Waals surface area contributed by atoms with Crippen molar-refractivity contribution in [1.82, 2.24) is 23.9 Å². The smallest absolute Gasteiger partial charge is 0.238 e. The maximum atomic E-state index is 5.24. The lowest BCUT2D eigenvalue weighted by molar-refractivity contribution is 0.953. The van der Waals surface area contributed by atoms with Crippen LogP contribution >= 0.6 is 0 Å². The Morgan fingerprint density at radius 1 is 0.333 bits per heavy atom. The van der Waals surface area contributed by atoms with Crippen LogP contribution in [-0.2, 0) is 6.42 Å². The predicted molar refractivity (Wildman–Crippen MR) is 235 cm³/mol. The normalized spacial score (nSPS) is 12.5. The largest absolute Gasteiger partial charge is 0.307 e. The van der Waals surface area contributed by atoms with Crippen LogP contribution in [0.25, 0.3) is 110 Å². The first-order valence-corrected chi connectivity index (χ1v) is 19.5. The molecule has 0 unspecified atom stereocenters. The summed E-state index contributed by atoms with van der Waals surface area (Å²) in [5.74, 6) is 1.85. The topological polar surface area (TPSA) is 48.0 Å². The molecule has 4 aromatic heterocycles. The van der Waals surface area contributed by atoms with E-state index < -0.39 is 0 Å². The summed E-state index contributed by atoms with van der Waals surface area (Å²) in [7, 11) is 0. The van der Waals surface area contributed by atoms with Crippen LogP contribution in [0.5, 0.6) is 0 Å².